The topological polar surface area (TPSA) is 130 Å². The van der Waals surface area contributed by atoms with Crippen LogP contribution >= 0.6 is 0 Å². The lowest BCUT2D eigenvalue weighted by Gasteiger charge is -2.14. The van der Waals surface area contributed by atoms with E-state index >= 15 is 0 Å². The van der Waals surface area contributed by atoms with E-state index in [1.54, 1.807) is 24.3 Å². The number of carbonyl (C=O) groups excluding carboxylic acids is 2. The van der Waals surface area contributed by atoms with E-state index in [0.29, 0.717) is 11.3 Å². The highest BCUT2D eigenvalue weighted by molar-refractivity contribution is 7.90. The Morgan fingerprint density at radius 2 is 1.73 bits per heavy atom. The molecule has 0 spiro atoms. The van der Waals surface area contributed by atoms with Crippen molar-refractivity contribution in [1.82, 2.24) is 5.32 Å². The molecule has 2 amide bonds. The van der Waals surface area contributed by atoms with Gasteiger partial charge in [-0.2, -0.15) is 0 Å². The van der Waals surface area contributed by atoms with Crippen LogP contribution in [-0.4, -0.2) is 49.9 Å². The SMILES string of the molecule is CS(=O)(=O)CC1(CC(=O)Nc2ccc(CC(=O)NCC(=O)O)cc2)CC1. The molecule has 0 radical (unpaired) electrons. The van der Waals surface area contributed by atoms with Crippen LogP contribution in [0, 0.1) is 5.41 Å². The smallest absolute Gasteiger partial charge is 0.322 e. The Morgan fingerprint density at radius 3 is 2.23 bits per heavy atom. The Balaban J connectivity index is 1.84. The van der Waals surface area contributed by atoms with Crippen LogP contribution in [0.4, 0.5) is 5.69 Å². The fourth-order valence-corrected chi connectivity index (χ4v) is 4.28. The van der Waals surface area contributed by atoms with Crippen LogP contribution in [-0.2, 0) is 30.6 Å². The number of anilines is 1. The molecule has 142 valence electrons. The van der Waals surface area contributed by atoms with E-state index in [4.69, 9.17) is 5.11 Å². The second kappa shape index (κ2) is 7.86. The zero-order valence-corrected chi connectivity index (χ0v) is 15.3. The van der Waals surface area contributed by atoms with Crippen LogP contribution in [0.3, 0.4) is 0 Å². The Morgan fingerprint density at radius 1 is 1.12 bits per heavy atom. The third-order valence-electron chi connectivity index (χ3n) is 4.10. The van der Waals surface area contributed by atoms with Gasteiger partial charge in [-0.1, -0.05) is 12.1 Å². The van der Waals surface area contributed by atoms with Crippen molar-refractivity contribution in [2.24, 2.45) is 5.41 Å². The number of carbonyl (C=O) groups is 3. The van der Waals surface area contributed by atoms with Gasteiger partial charge in [0.1, 0.15) is 16.4 Å². The molecule has 1 saturated carbocycles. The molecule has 1 aliphatic rings. The highest BCUT2D eigenvalue weighted by Crippen LogP contribution is 2.49. The molecule has 2 rings (SSSR count). The first-order valence-electron chi connectivity index (χ1n) is 8.12. The first-order chi connectivity index (χ1) is 12.1. The van der Waals surface area contributed by atoms with Crippen LogP contribution in [0.2, 0.25) is 0 Å². The molecule has 0 heterocycles. The van der Waals surface area contributed by atoms with Crippen molar-refractivity contribution in [2.75, 3.05) is 23.9 Å². The molecule has 1 aromatic carbocycles. The van der Waals surface area contributed by atoms with Gasteiger partial charge in [-0.15, -0.1) is 0 Å². The first-order valence-corrected chi connectivity index (χ1v) is 10.2. The first kappa shape index (κ1) is 19.9. The maximum absolute atomic E-state index is 12.1. The van der Waals surface area contributed by atoms with Crippen LogP contribution in [0.1, 0.15) is 24.8 Å². The number of hydrogen-bond donors (Lipinski definition) is 3. The molecule has 3 N–H and O–H groups in total. The van der Waals surface area contributed by atoms with Crippen molar-refractivity contribution in [3.8, 4) is 0 Å². The minimum Gasteiger partial charge on any atom is -0.480 e. The normalized spacial score (nSPS) is 15.1. The number of benzene rings is 1. The fraction of sp³-hybridized carbons (Fsp3) is 0.471. The number of aliphatic carboxylic acids is 1. The predicted octanol–water partition coefficient (Wildman–Crippen LogP) is 0.583. The predicted molar refractivity (Wildman–Crippen MR) is 95.4 cm³/mol. The van der Waals surface area contributed by atoms with Crippen LogP contribution < -0.4 is 10.6 Å². The minimum atomic E-state index is -3.12. The molecule has 0 saturated heterocycles. The molecule has 1 aliphatic carbocycles. The number of carboxylic acid groups (broad SMARTS) is 1. The molecule has 0 unspecified atom stereocenters. The Labute approximate surface area is 151 Å². The molecule has 9 heteroatoms. The molecule has 26 heavy (non-hydrogen) atoms. The van der Waals surface area contributed by atoms with Crippen molar-refractivity contribution in [1.29, 1.82) is 0 Å². The number of carboxylic acids is 1. The van der Waals surface area contributed by atoms with Gasteiger partial charge in [0.2, 0.25) is 11.8 Å². The highest BCUT2D eigenvalue weighted by atomic mass is 32.2. The molecular formula is C17H22N2O6S. The number of hydrogen-bond acceptors (Lipinski definition) is 5. The lowest BCUT2D eigenvalue weighted by atomic mass is 10.0. The third kappa shape index (κ3) is 6.83. The highest BCUT2D eigenvalue weighted by Gasteiger charge is 2.46. The Hall–Kier alpha value is -2.42. The van der Waals surface area contributed by atoms with Crippen molar-refractivity contribution in [2.45, 2.75) is 25.7 Å². The second-order valence-corrected chi connectivity index (χ2v) is 8.98. The molecule has 0 aromatic heterocycles. The summed E-state index contributed by atoms with van der Waals surface area (Å²) in [5, 5.41) is 13.5. The summed E-state index contributed by atoms with van der Waals surface area (Å²) < 4.78 is 22.9. The van der Waals surface area contributed by atoms with E-state index in [-0.39, 0.29) is 24.5 Å². The van der Waals surface area contributed by atoms with Gasteiger partial charge < -0.3 is 15.7 Å². The summed E-state index contributed by atoms with van der Waals surface area (Å²) in [6, 6.07) is 6.63. The van der Waals surface area contributed by atoms with E-state index < -0.39 is 33.7 Å². The summed E-state index contributed by atoms with van der Waals surface area (Å²) in [5.41, 5.74) is 0.807. The standard InChI is InChI=1S/C17H22N2O6S/c1-26(24,25)11-17(6-7-17)9-15(21)19-13-4-2-12(3-5-13)8-14(20)18-10-16(22)23/h2-5H,6-11H2,1H3,(H,18,20)(H,19,21)(H,22,23). The maximum Gasteiger partial charge on any atom is 0.322 e. The maximum atomic E-state index is 12.1. The van der Waals surface area contributed by atoms with Crippen LogP contribution in [0.5, 0.6) is 0 Å². The van der Waals surface area contributed by atoms with Crippen LogP contribution in [0.15, 0.2) is 24.3 Å². The average Bonchev–Trinajstić information content (AvgIpc) is 3.23. The summed E-state index contributed by atoms with van der Waals surface area (Å²) in [7, 11) is -3.12. The van der Waals surface area contributed by atoms with Crippen molar-refractivity contribution < 1.29 is 27.9 Å². The molecular weight excluding hydrogens is 360 g/mol. The van der Waals surface area contributed by atoms with E-state index in [1.165, 1.54) is 6.26 Å². The second-order valence-electron chi connectivity index (χ2n) is 6.84. The van der Waals surface area contributed by atoms with E-state index in [0.717, 1.165) is 12.8 Å². The van der Waals surface area contributed by atoms with Crippen molar-refractivity contribution >= 4 is 33.3 Å². The summed E-state index contributed by atoms with van der Waals surface area (Å²) in [6.07, 6.45) is 2.85. The largest absolute Gasteiger partial charge is 0.480 e. The summed E-state index contributed by atoms with van der Waals surface area (Å²) in [5.74, 6) is -1.72. The van der Waals surface area contributed by atoms with E-state index in [2.05, 4.69) is 10.6 Å². The van der Waals surface area contributed by atoms with Gasteiger partial charge in [0.05, 0.1) is 12.2 Å². The van der Waals surface area contributed by atoms with Gasteiger partial charge in [-0.25, -0.2) is 8.42 Å². The lowest BCUT2D eigenvalue weighted by molar-refractivity contribution is -0.137. The molecule has 8 nitrogen and oxygen atoms in total. The molecule has 0 bridgehead atoms. The van der Waals surface area contributed by atoms with Gasteiger partial charge in [0, 0.05) is 18.4 Å². The summed E-state index contributed by atoms with van der Waals surface area (Å²) in [4.78, 5) is 34.1. The van der Waals surface area contributed by atoms with Crippen LogP contribution in [0.25, 0.3) is 0 Å². The number of rotatable bonds is 9. The monoisotopic (exact) mass is 382 g/mol. The lowest BCUT2D eigenvalue weighted by Crippen LogP contribution is -2.30. The third-order valence-corrected chi connectivity index (χ3v) is 5.24. The van der Waals surface area contributed by atoms with Gasteiger partial charge in [0.25, 0.3) is 0 Å². The molecule has 0 atom stereocenters. The number of amides is 2. The Bertz CT molecular complexity index is 797. The average molecular weight is 382 g/mol. The number of nitrogens with one attached hydrogen (secondary N) is 2. The fourth-order valence-electron chi connectivity index (χ4n) is 2.78. The quantitative estimate of drug-likeness (QED) is 0.573. The summed E-state index contributed by atoms with van der Waals surface area (Å²) >= 11 is 0. The molecule has 0 aliphatic heterocycles. The summed E-state index contributed by atoms with van der Waals surface area (Å²) in [6.45, 7) is -0.428. The van der Waals surface area contributed by atoms with Crippen molar-refractivity contribution in [3.05, 3.63) is 29.8 Å². The van der Waals surface area contributed by atoms with E-state index in [1.807, 2.05) is 0 Å². The minimum absolute atomic E-state index is 0.0256. The number of sulfone groups is 1. The van der Waals surface area contributed by atoms with Gasteiger partial charge in [-0.05, 0) is 36.0 Å². The zero-order chi connectivity index (χ0) is 19.4. The zero-order valence-electron chi connectivity index (χ0n) is 14.4. The molecule has 1 fully saturated rings. The van der Waals surface area contributed by atoms with E-state index in [9.17, 15) is 22.8 Å². The van der Waals surface area contributed by atoms with Crippen molar-refractivity contribution in [3.63, 3.8) is 0 Å². The van der Waals surface area contributed by atoms with Gasteiger partial charge in [0.15, 0.2) is 0 Å². The molecule has 1 aromatic rings. The Kier molecular flexibility index (Phi) is 6.01. The van der Waals surface area contributed by atoms with Gasteiger partial charge >= 0.3 is 5.97 Å². The van der Waals surface area contributed by atoms with Gasteiger partial charge in [-0.3, -0.25) is 14.4 Å².